The van der Waals surface area contributed by atoms with Crippen LogP contribution >= 0.6 is 0 Å². The summed E-state index contributed by atoms with van der Waals surface area (Å²) in [5.41, 5.74) is 9.10. The van der Waals surface area contributed by atoms with Crippen molar-refractivity contribution in [2.24, 2.45) is 5.73 Å². The van der Waals surface area contributed by atoms with Gasteiger partial charge in [0.05, 0.1) is 24.0 Å². The fourth-order valence-electron chi connectivity index (χ4n) is 2.38. The molecule has 0 radical (unpaired) electrons. The zero-order valence-electron chi connectivity index (χ0n) is 12.7. The quantitative estimate of drug-likeness (QED) is 0.682. The number of aryl methyl sites for hydroxylation is 1. The van der Waals surface area contributed by atoms with Crippen molar-refractivity contribution >= 4 is 22.5 Å². The largest absolute Gasteiger partial charge is 0.394 e. The molecule has 0 aliphatic heterocycles. The van der Waals surface area contributed by atoms with Gasteiger partial charge in [0.1, 0.15) is 6.04 Å². The van der Waals surface area contributed by atoms with Crippen LogP contribution in [0, 0.1) is 6.92 Å². The number of aliphatic hydroxyl groups excluding tert-OH is 1. The molecular weight excluding hydrogens is 292 g/mol. The molecule has 1 atom stereocenters. The molecule has 0 saturated heterocycles. The van der Waals surface area contributed by atoms with Crippen LogP contribution in [-0.2, 0) is 4.79 Å². The minimum atomic E-state index is -0.938. The van der Waals surface area contributed by atoms with Gasteiger partial charge in [-0.1, -0.05) is 12.1 Å². The van der Waals surface area contributed by atoms with Crippen molar-refractivity contribution in [3.8, 4) is 5.69 Å². The zero-order chi connectivity index (χ0) is 16.4. The van der Waals surface area contributed by atoms with E-state index in [0.717, 1.165) is 22.2 Å². The van der Waals surface area contributed by atoms with Crippen molar-refractivity contribution in [1.82, 2.24) is 9.78 Å². The number of hydrogen-bond donors (Lipinski definition) is 3. The van der Waals surface area contributed by atoms with Gasteiger partial charge in [-0.25, -0.2) is 4.68 Å². The number of amides is 1. The summed E-state index contributed by atoms with van der Waals surface area (Å²) in [7, 11) is 0. The Labute approximate surface area is 133 Å². The maximum atomic E-state index is 11.8. The van der Waals surface area contributed by atoms with E-state index < -0.39 is 18.6 Å². The third kappa shape index (κ3) is 3.08. The van der Waals surface area contributed by atoms with Crippen molar-refractivity contribution < 1.29 is 9.90 Å². The average Bonchev–Trinajstić information content (AvgIpc) is 2.97. The van der Waals surface area contributed by atoms with Crippen molar-refractivity contribution in [3.63, 3.8) is 0 Å². The lowest BCUT2D eigenvalue weighted by molar-refractivity contribution is -0.118. The number of hydrogen-bond acceptors (Lipinski definition) is 4. The van der Waals surface area contributed by atoms with E-state index in [1.807, 2.05) is 48.0 Å². The summed E-state index contributed by atoms with van der Waals surface area (Å²) in [6, 6.07) is 12.6. The number of fused-ring (bicyclic) bond motifs is 1. The minimum Gasteiger partial charge on any atom is -0.394 e. The van der Waals surface area contributed by atoms with E-state index in [9.17, 15) is 4.79 Å². The van der Waals surface area contributed by atoms with E-state index in [1.54, 1.807) is 12.3 Å². The topological polar surface area (TPSA) is 93.2 Å². The third-order valence-electron chi connectivity index (χ3n) is 3.62. The maximum absolute atomic E-state index is 11.8. The first-order valence-corrected chi connectivity index (χ1v) is 7.30. The lowest BCUT2D eigenvalue weighted by atomic mass is 10.2. The smallest absolute Gasteiger partial charge is 0.243 e. The molecule has 1 aromatic heterocycles. The molecule has 1 unspecified atom stereocenters. The van der Waals surface area contributed by atoms with Crippen molar-refractivity contribution in [1.29, 1.82) is 0 Å². The standard InChI is InChI=1S/C17H18N4O2/c1-11-3-2-4-14(7-11)21-16-8-13(6-5-12(16)9-19-21)20-17(23)15(18)10-22/h2-9,15,22H,10,18H2,1H3,(H,20,23). The number of anilines is 1. The number of aliphatic hydroxyl groups is 1. The summed E-state index contributed by atoms with van der Waals surface area (Å²) >= 11 is 0. The number of nitrogens with zero attached hydrogens (tertiary/aromatic N) is 2. The molecule has 0 spiro atoms. The Bertz CT molecular complexity index is 857. The molecule has 3 rings (SSSR count). The first-order chi connectivity index (χ1) is 11.1. The highest BCUT2D eigenvalue weighted by molar-refractivity contribution is 5.96. The van der Waals surface area contributed by atoms with Gasteiger partial charge >= 0.3 is 0 Å². The third-order valence-corrected chi connectivity index (χ3v) is 3.62. The predicted molar refractivity (Wildman–Crippen MR) is 89.5 cm³/mol. The molecule has 23 heavy (non-hydrogen) atoms. The molecule has 1 amide bonds. The second-order valence-corrected chi connectivity index (χ2v) is 5.45. The SMILES string of the molecule is Cc1cccc(-n2ncc3ccc(NC(=O)C(N)CO)cc32)c1. The second-order valence-electron chi connectivity index (χ2n) is 5.45. The average molecular weight is 310 g/mol. The number of aromatic nitrogens is 2. The van der Waals surface area contributed by atoms with Crippen molar-refractivity contribution in [2.45, 2.75) is 13.0 Å². The van der Waals surface area contributed by atoms with E-state index in [4.69, 9.17) is 10.8 Å². The van der Waals surface area contributed by atoms with Crippen LogP contribution in [0.1, 0.15) is 5.56 Å². The monoisotopic (exact) mass is 310 g/mol. The lowest BCUT2D eigenvalue weighted by Crippen LogP contribution is -2.38. The van der Waals surface area contributed by atoms with E-state index in [2.05, 4.69) is 10.4 Å². The first-order valence-electron chi connectivity index (χ1n) is 7.30. The number of carbonyl (C=O) groups excluding carboxylic acids is 1. The van der Waals surface area contributed by atoms with Crippen LogP contribution in [0.2, 0.25) is 0 Å². The summed E-state index contributed by atoms with van der Waals surface area (Å²) in [6.07, 6.45) is 1.78. The van der Waals surface area contributed by atoms with Crippen LogP contribution in [0.5, 0.6) is 0 Å². The molecule has 0 fully saturated rings. The molecule has 0 bridgehead atoms. The van der Waals surface area contributed by atoms with E-state index in [0.29, 0.717) is 5.69 Å². The Kier molecular flexibility index (Phi) is 4.10. The second kappa shape index (κ2) is 6.20. The Balaban J connectivity index is 1.99. The van der Waals surface area contributed by atoms with Gasteiger partial charge in [-0.05, 0) is 42.8 Å². The highest BCUT2D eigenvalue weighted by Gasteiger charge is 2.13. The maximum Gasteiger partial charge on any atom is 0.243 e. The number of benzene rings is 2. The molecule has 0 aliphatic carbocycles. The Morgan fingerprint density at radius 2 is 2.17 bits per heavy atom. The van der Waals surface area contributed by atoms with Crippen LogP contribution in [0.4, 0.5) is 5.69 Å². The Morgan fingerprint density at radius 1 is 1.35 bits per heavy atom. The fraction of sp³-hybridized carbons (Fsp3) is 0.176. The molecule has 3 aromatic rings. The normalized spacial score (nSPS) is 12.3. The zero-order valence-corrected chi connectivity index (χ0v) is 12.7. The predicted octanol–water partition coefficient (Wildman–Crippen LogP) is 1.59. The molecule has 4 N–H and O–H groups in total. The van der Waals surface area contributed by atoms with Gasteiger partial charge < -0.3 is 16.2 Å². The first kappa shape index (κ1) is 15.2. The van der Waals surface area contributed by atoms with Crippen molar-refractivity contribution in [3.05, 3.63) is 54.2 Å². The van der Waals surface area contributed by atoms with E-state index >= 15 is 0 Å². The molecule has 0 saturated carbocycles. The Morgan fingerprint density at radius 3 is 2.91 bits per heavy atom. The summed E-state index contributed by atoms with van der Waals surface area (Å²) in [5.74, 6) is -0.423. The van der Waals surface area contributed by atoms with Crippen LogP contribution < -0.4 is 11.1 Å². The number of nitrogens with one attached hydrogen (secondary N) is 1. The van der Waals surface area contributed by atoms with Gasteiger partial charge in [-0.15, -0.1) is 0 Å². The summed E-state index contributed by atoms with van der Waals surface area (Å²) in [6.45, 7) is 1.63. The number of carbonyl (C=O) groups is 1. The molecule has 2 aromatic carbocycles. The van der Waals surface area contributed by atoms with Crippen LogP contribution in [-0.4, -0.2) is 33.4 Å². The van der Waals surface area contributed by atoms with E-state index in [1.165, 1.54) is 0 Å². The highest BCUT2D eigenvalue weighted by Crippen LogP contribution is 2.22. The van der Waals surface area contributed by atoms with Crippen LogP contribution in [0.15, 0.2) is 48.7 Å². The van der Waals surface area contributed by atoms with Crippen LogP contribution in [0.25, 0.3) is 16.6 Å². The fourth-order valence-corrected chi connectivity index (χ4v) is 2.38. The molecule has 118 valence electrons. The van der Waals surface area contributed by atoms with E-state index in [-0.39, 0.29) is 0 Å². The number of nitrogens with two attached hydrogens (primary N) is 1. The van der Waals surface area contributed by atoms with Gasteiger partial charge in [-0.3, -0.25) is 4.79 Å². The molecule has 1 heterocycles. The van der Waals surface area contributed by atoms with Gasteiger partial charge in [0.25, 0.3) is 0 Å². The molecule has 6 nitrogen and oxygen atoms in total. The van der Waals surface area contributed by atoms with Gasteiger partial charge in [0.2, 0.25) is 5.91 Å². The highest BCUT2D eigenvalue weighted by atomic mass is 16.3. The van der Waals surface area contributed by atoms with Crippen LogP contribution in [0.3, 0.4) is 0 Å². The molecule has 0 aliphatic rings. The summed E-state index contributed by atoms with van der Waals surface area (Å²) < 4.78 is 1.82. The molecule has 6 heteroatoms. The van der Waals surface area contributed by atoms with Gasteiger partial charge in [-0.2, -0.15) is 5.10 Å². The lowest BCUT2D eigenvalue weighted by Gasteiger charge is -2.10. The summed E-state index contributed by atoms with van der Waals surface area (Å²) in [5, 5.41) is 17.0. The Hall–Kier alpha value is -2.70. The summed E-state index contributed by atoms with van der Waals surface area (Å²) in [4.78, 5) is 11.8. The van der Waals surface area contributed by atoms with Gasteiger partial charge in [0.15, 0.2) is 0 Å². The minimum absolute atomic E-state index is 0.394. The van der Waals surface area contributed by atoms with Gasteiger partial charge in [0, 0.05) is 11.1 Å². The number of rotatable bonds is 4. The van der Waals surface area contributed by atoms with Crippen molar-refractivity contribution in [2.75, 3.05) is 11.9 Å². The molecular formula is C17H18N4O2.